The maximum absolute atomic E-state index is 5.67. The SMILES string of the molecule is BrCCCCOc1ccc(Nc2ccc(Br)cc2)cc1. The molecular weight excluding hydrogens is 382 g/mol. The lowest BCUT2D eigenvalue weighted by atomic mass is 10.2. The quantitative estimate of drug-likeness (QED) is 0.473. The van der Waals surface area contributed by atoms with Crippen LogP contribution in [0.25, 0.3) is 0 Å². The zero-order chi connectivity index (χ0) is 14.2. The Morgan fingerprint density at radius 2 is 1.45 bits per heavy atom. The topological polar surface area (TPSA) is 21.3 Å². The Balaban J connectivity index is 1.86. The van der Waals surface area contributed by atoms with Crippen molar-refractivity contribution in [3.63, 3.8) is 0 Å². The zero-order valence-corrected chi connectivity index (χ0v) is 14.3. The predicted octanol–water partition coefficient (Wildman–Crippen LogP) is 5.75. The minimum atomic E-state index is 0.769. The van der Waals surface area contributed by atoms with E-state index in [0.717, 1.165) is 46.4 Å². The first-order valence-corrected chi connectivity index (χ1v) is 8.51. The van der Waals surface area contributed by atoms with Crippen LogP contribution in [0.1, 0.15) is 12.8 Å². The van der Waals surface area contributed by atoms with Crippen LogP contribution in [0.15, 0.2) is 53.0 Å². The fourth-order valence-corrected chi connectivity index (χ4v) is 2.38. The lowest BCUT2D eigenvalue weighted by Gasteiger charge is -2.09. The van der Waals surface area contributed by atoms with Crippen LogP contribution in [0.3, 0.4) is 0 Å². The van der Waals surface area contributed by atoms with Gasteiger partial charge < -0.3 is 10.1 Å². The molecule has 4 heteroatoms. The van der Waals surface area contributed by atoms with Crippen LogP contribution in [-0.2, 0) is 0 Å². The van der Waals surface area contributed by atoms with Gasteiger partial charge in [0.15, 0.2) is 0 Å². The third kappa shape index (κ3) is 5.17. The molecule has 0 aliphatic rings. The highest BCUT2D eigenvalue weighted by molar-refractivity contribution is 9.10. The second-order valence-electron chi connectivity index (χ2n) is 4.40. The van der Waals surface area contributed by atoms with E-state index in [9.17, 15) is 0 Å². The van der Waals surface area contributed by atoms with Gasteiger partial charge in [-0.2, -0.15) is 0 Å². The van der Waals surface area contributed by atoms with E-state index >= 15 is 0 Å². The van der Waals surface area contributed by atoms with E-state index in [1.165, 1.54) is 0 Å². The van der Waals surface area contributed by atoms with Crippen LogP contribution in [0.5, 0.6) is 5.75 Å². The molecule has 0 amide bonds. The maximum atomic E-state index is 5.67. The van der Waals surface area contributed by atoms with Crippen molar-refractivity contribution in [1.29, 1.82) is 0 Å². The second-order valence-corrected chi connectivity index (χ2v) is 6.11. The average molecular weight is 399 g/mol. The Hall–Kier alpha value is -1.00. The largest absolute Gasteiger partial charge is 0.494 e. The van der Waals surface area contributed by atoms with Crippen molar-refractivity contribution in [2.45, 2.75) is 12.8 Å². The Morgan fingerprint density at radius 3 is 2.05 bits per heavy atom. The van der Waals surface area contributed by atoms with Crippen LogP contribution >= 0.6 is 31.9 Å². The summed E-state index contributed by atoms with van der Waals surface area (Å²) >= 11 is 6.84. The first kappa shape index (κ1) is 15.4. The molecule has 0 unspecified atom stereocenters. The van der Waals surface area contributed by atoms with Crippen molar-refractivity contribution in [3.8, 4) is 5.75 Å². The van der Waals surface area contributed by atoms with Gasteiger partial charge in [-0.3, -0.25) is 0 Å². The van der Waals surface area contributed by atoms with Gasteiger partial charge in [-0.1, -0.05) is 31.9 Å². The molecule has 2 nitrogen and oxygen atoms in total. The number of hydrogen-bond donors (Lipinski definition) is 1. The molecule has 2 rings (SSSR count). The molecule has 106 valence electrons. The highest BCUT2D eigenvalue weighted by Gasteiger charge is 1.97. The summed E-state index contributed by atoms with van der Waals surface area (Å²) in [5, 5.41) is 4.39. The third-order valence-electron chi connectivity index (χ3n) is 2.78. The molecule has 0 aliphatic carbocycles. The second kappa shape index (κ2) is 8.32. The van der Waals surface area contributed by atoms with Gasteiger partial charge in [-0.25, -0.2) is 0 Å². The summed E-state index contributed by atoms with van der Waals surface area (Å²) < 4.78 is 6.75. The van der Waals surface area contributed by atoms with E-state index in [4.69, 9.17) is 4.74 Å². The highest BCUT2D eigenvalue weighted by atomic mass is 79.9. The predicted molar refractivity (Wildman–Crippen MR) is 92.4 cm³/mol. The molecule has 1 N–H and O–H groups in total. The minimum Gasteiger partial charge on any atom is -0.494 e. The molecule has 0 heterocycles. The fourth-order valence-electron chi connectivity index (χ4n) is 1.72. The molecule has 20 heavy (non-hydrogen) atoms. The molecule has 0 saturated carbocycles. The number of anilines is 2. The summed E-state index contributed by atoms with van der Waals surface area (Å²) in [6.07, 6.45) is 2.22. The average Bonchev–Trinajstić information content (AvgIpc) is 2.48. The summed E-state index contributed by atoms with van der Waals surface area (Å²) in [5.74, 6) is 0.918. The summed E-state index contributed by atoms with van der Waals surface area (Å²) in [7, 11) is 0. The Bertz CT molecular complexity index is 511. The number of rotatable bonds is 7. The Labute approximate surface area is 136 Å². The molecule has 0 bridgehead atoms. The van der Waals surface area contributed by atoms with E-state index in [1.54, 1.807) is 0 Å². The molecule has 0 radical (unpaired) electrons. The van der Waals surface area contributed by atoms with Crippen LogP contribution < -0.4 is 10.1 Å². The van der Waals surface area contributed by atoms with E-state index in [1.807, 2.05) is 48.5 Å². The van der Waals surface area contributed by atoms with Gasteiger partial charge in [0.05, 0.1) is 6.61 Å². The number of unbranched alkanes of at least 4 members (excludes halogenated alkanes) is 1. The maximum Gasteiger partial charge on any atom is 0.119 e. The molecule has 2 aromatic carbocycles. The standard InChI is InChI=1S/C16H17Br2NO/c17-11-1-2-12-20-16-9-7-15(8-10-16)19-14-5-3-13(18)4-6-14/h3-10,19H,1-2,11-12H2. The number of halogens is 2. The van der Waals surface area contributed by atoms with Crippen molar-refractivity contribution in [3.05, 3.63) is 53.0 Å². The molecule has 0 fully saturated rings. The normalized spacial score (nSPS) is 10.3. The number of nitrogens with one attached hydrogen (secondary N) is 1. The molecule has 2 aromatic rings. The number of ether oxygens (including phenoxy) is 1. The summed E-state index contributed by atoms with van der Waals surface area (Å²) in [5.41, 5.74) is 2.12. The van der Waals surface area contributed by atoms with Crippen molar-refractivity contribution >= 4 is 43.2 Å². The Kier molecular flexibility index (Phi) is 6.40. The van der Waals surface area contributed by atoms with Crippen LogP contribution in [0.2, 0.25) is 0 Å². The highest BCUT2D eigenvalue weighted by Crippen LogP contribution is 2.21. The van der Waals surface area contributed by atoms with Crippen molar-refractivity contribution in [2.75, 3.05) is 17.3 Å². The molecule has 0 aromatic heterocycles. The smallest absolute Gasteiger partial charge is 0.119 e. The first-order valence-electron chi connectivity index (χ1n) is 6.59. The number of hydrogen-bond acceptors (Lipinski definition) is 2. The monoisotopic (exact) mass is 397 g/mol. The van der Waals surface area contributed by atoms with E-state index in [-0.39, 0.29) is 0 Å². The van der Waals surface area contributed by atoms with Crippen LogP contribution in [0.4, 0.5) is 11.4 Å². The lowest BCUT2D eigenvalue weighted by molar-refractivity contribution is 0.310. The lowest BCUT2D eigenvalue weighted by Crippen LogP contribution is -1.97. The third-order valence-corrected chi connectivity index (χ3v) is 3.87. The zero-order valence-electron chi connectivity index (χ0n) is 11.1. The summed E-state index contributed by atoms with van der Waals surface area (Å²) in [6, 6.07) is 16.2. The molecule has 0 saturated heterocycles. The Morgan fingerprint density at radius 1 is 0.850 bits per heavy atom. The van der Waals surface area contributed by atoms with Gasteiger partial charge in [0.1, 0.15) is 5.75 Å². The number of alkyl halides is 1. The van der Waals surface area contributed by atoms with Gasteiger partial charge in [-0.15, -0.1) is 0 Å². The van der Waals surface area contributed by atoms with Crippen molar-refractivity contribution in [1.82, 2.24) is 0 Å². The summed E-state index contributed by atoms with van der Waals surface area (Å²) in [6.45, 7) is 0.769. The van der Waals surface area contributed by atoms with Gasteiger partial charge in [0.25, 0.3) is 0 Å². The molecule has 0 spiro atoms. The minimum absolute atomic E-state index is 0.769. The van der Waals surface area contributed by atoms with Gasteiger partial charge in [0.2, 0.25) is 0 Å². The van der Waals surface area contributed by atoms with E-state index in [2.05, 4.69) is 37.2 Å². The molecule has 0 aliphatic heterocycles. The van der Waals surface area contributed by atoms with Crippen LogP contribution in [-0.4, -0.2) is 11.9 Å². The van der Waals surface area contributed by atoms with Crippen LogP contribution in [0, 0.1) is 0 Å². The van der Waals surface area contributed by atoms with Gasteiger partial charge in [0, 0.05) is 21.2 Å². The fraction of sp³-hybridized carbons (Fsp3) is 0.250. The van der Waals surface area contributed by atoms with Crippen molar-refractivity contribution < 1.29 is 4.74 Å². The van der Waals surface area contributed by atoms with E-state index in [0.29, 0.717) is 0 Å². The van der Waals surface area contributed by atoms with Crippen molar-refractivity contribution in [2.24, 2.45) is 0 Å². The first-order chi connectivity index (χ1) is 9.78. The molecular formula is C16H17Br2NO. The summed E-state index contributed by atoms with van der Waals surface area (Å²) in [4.78, 5) is 0. The van der Waals surface area contributed by atoms with Gasteiger partial charge in [-0.05, 0) is 61.4 Å². The van der Waals surface area contributed by atoms with E-state index < -0.39 is 0 Å². The molecule has 0 atom stereocenters. The van der Waals surface area contributed by atoms with Gasteiger partial charge >= 0.3 is 0 Å². The number of benzene rings is 2.